The van der Waals surface area contributed by atoms with Crippen LogP contribution in [0.4, 0.5) is 0 Å². The molecule has 0 saturated carbocycles. The van der Waals surface area contributed by atoms with Gasteiger partial charge in [-0.3, -0.25) is 0 Å². The van der Waals surface area contributed by atoms with Crippen molar-refractivity contribution >= 4 is 11.6 Å². The van der Waals surface area contributed by atoms with Crippen molar-refractivity contribution in [3.63, 3.8) is 0 Å². The number of halogens is 1. The Hall–Kier alpha value is -0.530. The van der Waals surface area contributed by atoms with E-state index in [0.717, 1.165) is 11.4 Å². The summed E-state index contributed by atoms with van der Waals surface area (Å²) in [5.74, 6) is 0.378. The van der Waals surface area contributed by atoms with Gasteiger partial charge in [0.15, 0.2) is 0 Å². The van der Waals surface area contributed by atoms with Crippen LogP contribution in [-0.2, 0) is 0 Å². The van der Waals surface area contributed by atoms with E-state index in [-0.39, 0.29) is 6.04 Å². The molecule has 72 valence electrons. The molecule has 2 unspecified atom stereocenters. The van der Waals surface area contributed by atoms with E-state index in [1.807, 2.05) is 18.2 Å². The van der Waals surface area contributed by atoms with Gasteiger partial charge in [0.1, 0.15) is 0 Å². The monoisotopic (exact) mass is 197 g/mol. The Morgan fingerprint density at radius 3 is 2.69 bits per heavy atom. The van der Waals surface area contributed by atoms with Crippen molar-refractivity contribution in [2.24, 2.45) is 5.73 Å². The van der Waals surface area contributed by atoms with Gasteiger partial charge in [-0.2, -0.15) is 0 Å². The molecule has 0 bridgehead atoms. The molecule has 0 aliphatic heterocycles. The van der Waals surface area contributed by atoms with Crippen molar-refractivity contribution in [3.8, 4) is 0 Å². The van der Waals surface area contributed by atoms with E-state index < -0.39 is 0 Å². The minimum absolute atomic E-state index is 0.221. The zero-order valence-corrected chi connectivity index (χ0v) is 8.88. The second-order valence-electron chi connectivity index (χ2n) is 3.42. The van der Waals surface area contributed by atoms with Gasteiger partial charge >= 0.3 is 0 Å². The molecule has 2 N–H and O–H groups in total. The van der Waals surface area contributed by atoms with Crippen LogP contribution in [0.5, 0.6) is 0 Å². The van der Waals surface area contributed by atoms with E-state index in [0.29, 0.717) is 5.92 Å². The summed E-state index contributed by atoms with van der Waals surface area (Å²) in [5.41, 5.74) is 7.18. The summed E-state index contributed by atoms with van der Waals surface area (Å²) in [6.45, 7) is 4.24. The fourth-order valence-electron chi connectivity index (χ4n) is 1.39. The lowest BCUT2D eigenvalue weighted by molar-refractivity contribution is 0.551. The van der Waals surface area contributed by atoms with Crippen LogP contribution < -0.4 is 5.73 Å². The maximum Gasteiger partial charge on any atom is 0.0408 e. The average Bonchev–Trinajstić information content (AvgIpc) is 2.15. The Bertz CT molecular complexity index is 273. The summed E-state index contributed by atoms with van der Waals surface area (Å²) < 4.78 is 0. The van der Waals surface area contributed by atoms with E-state index >= 15 is 0 Å². The molecule has 2 heteroatoms. The van der Waals surface area contributed by atoms with E-state index in [1.165, 1.54) is 5.56 Å². The third-order valence-corrected chi connectivity index (χ3v) is 2.72. The summed E-state index contributed by atoms with van der Waals surface area (Å²) in [5, 5.41) is 0.785. The van der Waals surface area contributed by atoms with Crippen molar-refractivity contribution in [2.75, 3.05) is 0 Å². The lowest BCUT2D eigenvalue weighted by Gasteiger charge is -2.18. The lowest BCUT2D eigenvalue weighted by atomic mass is 9.92. The van der Waals surface area contributed by atoms with Crippen molar-refractivity contribution in [1.82, 2.24) is 0 Å². The normalized spacial score (nSPS) is 15.4. The van der Waals surface area contributed by atoms with Crippen LogP contribution in [0.3, 0.4) is 0 Å². The first-order chi connectivity index (χ1) is 6.15. The molecule has 0 heterocycles. The van der Waals surface area contributed by atoms with Gasteiger partial charge in [-0.25, -0.2) is 0 Å². The Balaban J connectivity index is 2.82. The first kappa shape index (κ1) is 10.6. The van der Waals surface area contributed by atoms with Crippen LogP contribution in [0, 0.1) is 0 Å². The summed E-state index contributed by atoms with van der Waals surface area (Å²) in [7, 11) is 0. The molecule has 1 aromatic carbocycles. The zero-order chi connectivity index (χ0) is 9.84. The molecule has 1 nitrogen and oxygen atoms in total. The van der Waals surface area contributed by atoms with E-state index in [4.69, 9.17) is 17.3 Å². The molecule has 0 spiro atoms. The van der Waals surface area contributed by atoms with Gasteiger partial charge in [-0.15, -0.1) is 0 Å². The van der Waals surface area contributed by atoms with Crippen LogP contribution >= 0.6 is 11.6 Å². The number of hydrogen-bond donors (Lipinski definition) is 1. The summed E-state index contributed by atoms with van der Waals surface area (Å²) in [4.78, 5) is 0. The zero-order valence-electron chi connectivity index (χ0n) is 8.13. The third kappa shape index (κ3) is 2.71. The Morgan fingerprint density at radius 2 is 2.15 bits per heavy atom. The lowest BCUT2D eigenvalue weighted by Crippen LogP contribution is -2.25. The van der Waals surface area contributed by atoms with Crippen LogP contribution in [0.2, 0.25) is 5.02 Å². The highest BCUT2D eigenvalue weighted by atomic mass is 35.5. The van der Waals surface area contributed by atoms with Gasteiger partial charge < -0.3 is 5.73 Å². The SMILES string of the molecule is CCC(N)C(C)c1cccc(Cl)c1. The molecular formula is C11H16ClN. The van der Waals surface area contributed by atoms with E-state index in [1.54, 1.807) is 0 Å². The summed E-state index contributed by atoms with van der Waals surface area (Å²) in [6.07, 6.45) is 0.994. The molecule has 13 heavy (non-hydrogen) atoms. The predicted molar refractivity (Wildman–Crippen MR) is 58.1 cm³/mol. The molecule has 0 aliphatic rings. The van der Waals surface area contributed by atoms with E-state index in [9.17, 15) is 0 Å². The van der Waals surface area contributed by atoms with E-state index in [2.05, 4.69) is 19.9 Å². The highest BCUT2D eigenvalue weighted by Gasteiger charge is 2.12. The molecule has 0 saturated heterocycles. The van der Waals surface area contributed by atoms with Crippen LogP contribution in [0.15, 0.2) is 24.3 Å². The number of nitrogens with two attached hydrogens (primary N) is 1. The van der Waals surface area contributed by atoms with Gasteiger partial charge in [-0.1, -0.05) is 37.6 Å². The van der Waals surface area contributed by atoms with Crippen molar-refractivity contribution < 1.29 is 0 Å². The van der Waals surface area contributed by atoms with Crippen molar-refractivity contribution in [3.05, 3.63) is 34.9 Å². The smallest absolute Gasteiger partial charge is 0.0408 e. The topological polar surface area (TPSA) is 26.0 Å². The first-order valence-corrected chi connectivity index (χ1v) is 5.04. The number of hydrogen-bond acceptors (Lipinski definition) is 1. The molecule has 0 radical (unpaired) electrons. The maximum atomic E-state index is 5.96. The number of rotatable bonds is 3. The van der Waals surface area contributed by atoms with Gasteiger partial charge in [0.2, 0.25) is 0 Å². The third-order valence-electron chi connectivity index (χ3n) is 2.49. The maximum absolute atomic E-state index is 5.96. The minimum atomic E-state index is 0.221. The molecule has 0 amide bonds. The number of benzene rings is 1. The standard InChI is InChI=1S/C11H16ClN/c1-3-11(13)8(2)9-5-4-6-10(12)7-9/h4-8,11H,3,13H2,1-2H3. The molecular weight excluding hydrogens is 182 g/mol. The first-order valence-electron chi connectivity index (χ1n) is 4.66. The second-order valence-corrected chi connectivity index (χ2v) is 3.85. The fraction of sp³-hybridized carbons (Fsp3) is 0.455. The fourth-order valence-corrected chi connectivity index (χ4v) is 1.59. The molecule has 1 aromatic rings. The van der Waals surface area contributed by atoms with Crippen molar-refractivity contribution in [2.45, 2.75) is 32.2 Å². The van der Waals surface area contributed by atoms with Crippen LogP contribution in [-0.4, -0.2) is 6.04 Å². The molecule has 2 atom stereocenters. The summed E-state index contributed by atoms with van der Waals surface area (Å²) in [6, 6.07) is 8.14. The van der Waals surface area contributed by atoms with Crippen LogP contribution in [0.1, 0.15) is 31.7 Å². The average molecular weight is 198 g/mol. The predicted octanol–water partition coefficient (Wildman–Crippen LogP) is 3.18. The molecule has 0 aliphatic carbocycles. The highest BCUT2D eigenvalue weighted by molar-refractivity contribution is 6.30. The van der Waals surface area contributed by atoms with Gasteiger partial charge in [-0.05, 0) is 30.0 Å². The molecule has 0 aromatic heterocycles. The minimum Gasteiger partial charge on any atom is -0.327 e. The Kier molecular flexibility index (Phi) is 3.76. The van der Waals surface area contributed by atoms with Gasteiger partial charge in [0, 0.05) is 11.1 Å². The molecule has 1 rings (SSSR count). The van der Waals surface area contributed by atoms with Gasteiger partial charge in [0.05, 0.1) is 0 Å². The van der Waals surface area contributed by atoms with Crippen LogP contribution in [0.25, 0.3) is 0 Å². The van der Waals surface area contributed by atoms with Gasteiger partial charge in [0.25, 0.3) is 0 Å². The highest BCUT2D eigenvalue weighted by Crippen LogP contribution is 2.22. The molecule has 0 fully saturated rings. The largest absolute Gasteiger partial charge is 0.327 e. The Morgan fingerprint density at radius 1 is 1.46 bits per heavy atom. The second kappa shape index (κ2) is 4.64. The Labute approximate surface area is 84.9 Å². The van der Waals surface area contributed by atoms with Crippen molar-refractivity contribution in [1.29, 1.82) is 0 Å². The summed E-state index contributed by atoms with van der Waals surface area (Å²) >= 11 is 5.90. The quantitative estimate of drug-likeness (QED) is 0.792.